The van der Waals surface area contributed by atoms with Crippen molar-refractivity contribution in [3.8, 4) is 6.07 Å². The van der Waals surface area contributed by atoms with E-state index >= 15 is 0 Å². The standard InChI is InChI=1S/C11H10BF3N.K/c13-12(14,15)10-4-2-9(3-5-10)11(8-16)6-1-7-11;/h2-5H,1,6-7H2;/q-1;+1. The van der Waals surface area contributed by atoms with Crippen molar-refractivity contribution in [2.45, 2.75) is 24.7 Å². The zero-order valence-corrected chi connectivity index (χ0v) is 12.7. The summed E-state index contributed by atoms with van der Waals surface area (Å²) in [7, 11) is 0. The van der Waals surface area contributed by atoms with E-state index in [9.17, 15) is 12.9 Å². The van der Waals surface area contributed by atoms with Crippen LogP contribution < -0.4 is 56.8 Å². The van der Waals surface area contributed by atoms with Gasteiger partial charge in [-0.1, -0.05) is 24.3 Å². The second-order valence-electron chi connectivity index (χ2n) is 4.24. The molecule has 1 aromatic carbocycles. The molecule has 0 unspecified atom stereocenters. The summed E-state index contributed by atoms with van der Waals surface area (Å²) in [5, 5.41) is 9.05. The molecule has 1 saturated carbocycles. The zero-order chi connectivity index (χ0) is 11.8. The smallest absolute Gasteiger partial charge is 0.445 e. The summed E-state index contributed by atoms with van der Waals surface area (Å²) in [4.78, 5) is 0. The van der Waals surface area contributed by atoms with Gasteiger partial charge in [0, 0.05) is 0 Å². The molecule has 1 aliphatic carbocycles. The fraction of sp³-hybridized carbons (Fsp3) is 0.364. The van der Waals surface area contributed by atoms with Gasteiger partial charge in [-0.15, -0.1) is 5.46 Å². The number of hydrogen-bond acceptors (Lipinski definition) is 1. The number of rotatable bonds is 2. The maximum atomic E-state index is 12.4. The second-order valence-corrected chi connectivity index (χ2v) is 4.24. The third kappa shape index (κ3) is 2.96. The Balaban J connectivity index is 0.00000144. The number of halogens is 3. The summed E-state index contributed by atoms with van der Waals surface area (Å²) in [5.41, 5.74) is -0.418. The molecule has 0 atom stereocenters. The van der Waals surface area contributed by atoms with E-state index in [0.29, 0.717) is 5.56 Å². The summed E-state index contributed by atoms with van der Waals surface area (Å²) < 4.78 is 37.2. The van der Waals surface area contributed by atoms with Gasteiger partial charge in [0.2, 0.25) is 0 Å². The molecule has 1 nitrogen and oxygen atoms in total. The predicted octanol–water partition coefficient (Wildman–Crippen LogP) is -0.310. The van der Waals surface area contributed by atoms with Crippen LogP contribution in [0.2, 0.25) is 0 Å². The molecule has 0 radical (unpaired) electrons. The first-order valence-corrected chi connectivity index (χ1v) is 5.20. The Hall–Kier alpha value is 0.201. The van der Waals surface area contributed by atoms with E-state index in [-0.39, 0.29) is 51.4 Å². The summed E-state index contributed by atoms with van der Waals surface area (Å²) in [6.07, 6.45) is 2.47. The third-order valence-corrected chi connectivity index (χ3v) is 3.26. The van der Waals surface area contributed by atoms with Crippen LogP contribution in [0.4, 0.5) is 12.9 Å². The van der Waals surface area contributed by atoms with Crippen molar-refractivity contribution < 1.29 is 64.3 Å². The van der Waals surface area contributed by atoms with E-state index in [0.717, 1.165) is 31.4 Å². The summed E-state index contributed by atoms with van der Waals surface area (Å²) in [6.45, 7) is -4.93. The van der Waals surface area contributed by atoms with Crippen LogP contribution in [0.5, 0.6) is 0 Å². The van der Waals surface area contributed by atoms with Crippen LogP contribution in [0.15, 0.2) is 24.3 Å². The van der Waals surface area contributed by atoms with E-state index in [4.69, 9.17) is 5.26 Å². The average Bonchev–Trinajstić information content (AvgIpc) is 2.16. The monoisotopic (exact) mass is 263 g/mol. The molecule has 1 aliphatic rings. The van der Waals surface area contributed by atoms with Crippen molar-refractivity contribution in [3.05, 3.63) is 29.8 Å². The fourth-order valence-electron chi connectivity index (χ4n) is 2.02. The van der Waals surface area contributed by atoms with Crippen molar-refractivity contribution in [3.63, 3.8) is 0 Å². The Kier molecular flexibility index (Phi) is 4.90. The van der Waals surface area contributed by atoms with Gasteiger partial charge in [0.15, 0.2) is 0 Å². The Morgan fingerprint density at radius 2 is 1.65 bits per heavy atom. The maximum Gasteiger partial charge on any atom is 1.00 e. The van der Waals surface area contributed by atoms with Crippen molar-refractivity contribution in [1.29, 1.82) is 5.26 Å². The molecule has 0 aromatic heterocycles. The third-order valence-electron chi connectivity index (χ3n) is 3.26. The number of nitrogens with zero attached hydrogens (tertiary/aromatic N) is 1. The molecule has 0 aliphatic heterocycles. The molecule has 6 heteroatoms. The maximum absolute atomic E-state index is 12.4. The van der Waals surface area contributed by atoms with Crippen LogP contribution in [0, 0.1) is 11.3 Å². The SMILES string of the molecule is N#CC1(c2ccc([B-](F)(F)F)cc2)CCC1.[K+]. The molecule has 84 valence electrons. The van der Waals surface area contributed by atoms with Crippen molar-refractivity contribution in [2.75, 3.05) is 0 Å². The first-order chi connectivity index (χ1) is 7.48. The van der Waals surface area contributed by atoms with Gasteiger partial charge in [-0.3, -0.25) is 0 Å². The van der Waals surface area contributed by atoms with Crippen molar-refractivity contribution >= 4 is 12.4 Å². The van der Waals surface area contributed by atoms with Crippen molar-refractivity contribution in [2.24, 2.45) is 0 Å². The molecule has 2 rings (SSSR count). The molecule has 0 N–H and O–H groups in total. The van der Waals surface area contributed by atoms with E-state index in [1.165, 1.54) is 12.1 Å². The quantitative estimate of drug-likeness (QED) is 0.671. The van der Waals surface area contributed by atoms with E-state index in [2.05, 4.69) is 6.07 Å². The van der Waals surface area contributed by atoms with Gasteiger partial charge in [-0.2, -0.15) is 5.26 Å². The first-order valence-electron chi connectivity index (χ1n) is 5.20. The molecular formula is C11H10BF3KN. The van der Waals surface area contributed by atoms with Crippen LogP contribution in [-0.2, 0) is 5.41 Å². The Bertz CT molecular complexity index is 432. The Morgan fingerprint density at radius 1 is 1.12 bits per heavy atom. The molecule has 1 aromatic rings. The van der Waals surface area contributed by atoms with Gasteiger partial charge in [-0.05, 0) is 24.8 Å². The van der Waals surface area contributed by atoms with Gasteiger partial charge in [-0.25, -0.2) is 0 Å². The molecular weight excluding hydrogens is 253 g/mol. The predicted molar refractivity (Wildman–Crippen MR) is 56.3 cm³/mol. The van der Waals surface area contributed by atoms with Gasteiger partial charge in [0.05, 0.1) is 11.5 Å². The number of nitriles is 1. The zero-order valence-electron chi connectivity index (χ0n) is 9.59. The molecule has 0 saturated heterocycles. The number of benzene rings is 1. The Labute approximate surface area is 141 Å². The van der Waals surface area contributed by atoms with E-state index in [1.54, 1.807) is 0 Å². The minimum atomic E-state index is -4.93. The molecule has 0 heterocycles. The van der Waals surface area contributed by atoms with Crippen LogP contribution in [0.1, 0.15) is 24.8 Å². The summed E-state index contributed by atoms with van der Waals surface area (Å²) in [6, 6.07) is 7.24. The molecule has 0 amide bonds. The van der Waals surface area contributed by atoms with E-state index in [1.807, 2.05) is 0 Å². The minimum absolute atomic E-state index is 0. The molecule has 0 bridgehead atoms. The van der Waals surface area contributed by atoms with Gasteiger partial charge in [0.25, 0.3) is 0 Å². The summed E-state index contributed by atoms with van der Waals surface area (Å²) >= 11 is 0. The fourth-order valence-corrected chi connectivity index (χ4v) is 2.02. The van der Waals surface area contributed by atoms with Crippen LogP contribution in [0.3, 0.4) is 0 Å². The largest absolute Gasteiger partial charge is 1.00 e. The van der Waals surface area contributed by atoms with Gasteiger partial charge >= 0.3 is 58.4 Å². The summed E-state index contributed by atoms with van der Waals surface area (Å²) in [5.74, 6) is 0. The first kappa shape index (κ1) is 15.3. The molecule has 17 heavy (non-hydrogen) atoms. The van der Waals surface area contributed by atoms with Crippen molar-refractivity contribution in [1.82, 2.24) is 0 Å². The second kappa shape index (κ2) is 5.45. The van der Waals surface area contributed by atoms with Crippen LogP contribution >= 0.6 is 0 Å². The topological polar surface area (TPSA) is 23.8 Å². The van der Waals surface area contributed by atoms with Crippen LogP contribution in [-0.4, -0.2) is 6.98 Å². The average molecular weight is 263 g/mol. The van der Waals surface area contributed by atoms with Gasteiger partial charge < -0.3 is 12.9 Å². The number of hydrogen-bond donors (Lipinski definition) is 0. The molecule has 0 spiro atoms. The minimum Gasteiger partial charge on any atom is -0.445 e. The van der Waals surface area contributed by atoms with Crippen LogP contribution in [0.25, 0.3) is 0 Å². The molecule has 1 fully saturated rings. The van der Waals surface area contributed by atoms with E-state index < -0.39 is 17.9 Å². The Morgan fingerprint density at radius 3 is 1.94 bits per heavy atom. The van der Waals surface area contributed by atoms with Gasteiger partial charge in [0.1, 0.15) is 0 Å². The normalized spacial score (nSPS) is 17.5.